The Hall–Kier alpha value is -2.61. The minimum Gasteiger partial charge on any atom is -0.481 e. The second-order valence-corrected chi connectivity index (χ2v) is 4.97. The van der Waals surface area contributed by atoms with Crippen LogP contribution in [-0.2, 0) is 16.0 Å². The molecule has 0 spiro atoms. The van der Waals surface area contributed by atoms with E-state index in [1.807, 2.05) is 0 Å². The Bertz CT molecular complexity index is 611. The molecular weight excluding hydrogens is 268 g/mol. The molecule has 0 saturated heterocycles. The van der Waals surface area contributed by atoms with Gasteiger partial charge >= 0.3 is 5.97 Å². The summed E-state index contributed by atoms with van der Waals surface area (Å²) in [6.07, 6.45) is 4.04. The Morgan fingerprint density at radius 3 is 2.67 bits per heavy atom. The normalized spacial score (nSPS) is 17.5. The Morgan fingerprint density at radius 2 is 2.05 bits per heavy atom. The average Bonchev–Trinajstić information content (AvgIpc) is 2.49. The van der Waals surface area contributed by atoms with E-state index < -0.39 is 11.9 Å². The number of benzene rings is 1. The lowest BCUT2D eigenvalue weighted by Crippen LogP contribution is -2.27. The summed E-state index contributed by atoms with van der Waals surface area (Å²) in [4.78, 5) is 23.4. The molecule has 1 amide bonds. The monoisotopic (exact) mass is 284 g/mol. The van der Waals surface area contributed by atoms with E-state index in [2.05, 4.69) is 11.4 Å². The highest BCUT2D eigenvalue weighted by Gasteiger charge is 2.29. The number of amides is 1. The van der Waals surface area contributed by atoms with E-state index in [-0.39, 0.29) is 5.91 Å². The van der Waals surface area contributed by atoms with Crippen molar-refractivity contribution in [1.82, 2.24) is 0 Å². The number of carboxylic acid groups (broad SMARTS) is 1. The average molecular weight is 284 g/mol. The van der Waals surface area contributed by atoms with Gasteiger partial charge in [-0.25, -0.2) is 0 Å². The number of rotatable bonds is 4. The van der Waals surface area contributed by atoms with E-state index in [9.17, 15) is 9.59 Å². The minimum absolute atomic E-state index is 0.320. The number of carboxylic acids is 1. The molecule has 0 aliphatic heterocycles. The largest absolute Gasteiger partial charge is 0.481 e. The fraction of sp³-hybridized carbons (Fsp3) is 0.312. The molecule has 0 aromatic heterocycles. The molecule has 0 bridgehead atoms. The second-order valence-electron chi connectivity index (χ2n) is 4.97. The van der Waals surface area contributed by atoms with Gasteiger partial charge in [0.1, 0.15) is 0 Å². The highest BCUT2D eigenvalue weighted by atomic mass is 16.4. The van der Waals surface area contributed by atoms with Crippen LogP contribution in [0.25, 0.3) is 0 Å². The van der Waals surface area contributed by atoms with Crippen LogP contribution in [0.3, 0.4) is 0 Å². The molecule has 2 rings (SSSR count). The quantitative estimate of drug-likeness (QED) is 0.888. The van der Waals surface area contributed by atoms with Gasteiger partial charge in [0.05, 0.1) is 18.4 Å². The first-order valence-corrected chi connectivity index (χ1v) is 6.82. The molecule has 5 heteroatoms. The molecule has 0 radical (unpaired) electrons. The Kier molecular flexibility index (Phi) is 4.72. The third-order valence-electron chi connectivity index (χ3n) is 3.49. The van der Waals surface area contributed by atoms with Crippen molar-refractivity contribution in [2.45, 2.75) is 25.7 Å². The fourth-order valence-corrected chi connectivity index (χ4v) is 2.39. The number of anilines is 1. The Balaban J connectivity index is 2.08. The smallest absolute Gasteiger partial charge is 0.311 e. The Morgan fingerprint density at radius 1 is 1.33 bits per heavy atom. The molecule has 0 heterocycles. The van der Waals surface area contributed by atoms with Crippen molar-refractivity contribution in [2.24, 2.45) is 5.92 Å². The second kappa shape index (κ2) is 6.71. The predicted octanol–water partition coefficient (Wildman–Crippen LogP) is 2.50. The summed E-state index contributed by atoms with van der Waals surface area (Å²) in [5.74, 6) is -2.05. The van der Waals surface area contributed by atoms with E-state index >= 15 is 0 Å². The maximum Gasteiger partial charge on any atom is 0.311 e. The molecule has 1 aromatic carbocycles. The van der Waals surface area contributed by atoms with Crippen molar-refractivity contribution in [2.75, 3.05) is 5.32 Å². The highest BCUT2D eigenvalue weighted by Crippen LogP contribution is 2.26. The van der Waals surface area contributed by atoms with Crippen LogP contribution < -0.4 is 5.32 Å². The Labute approximate surface area is 122 Å². The molecule has 2 N–H and O–H groups in total. The van der Waals surface area contributed by atoms with E-state index in [1.165, 1.54) is 0 Å². The standard InChI is InChI=1S/C16H16N2O3/c17-10-9-11-5-7-12(8-6-11)18-15(19)13-3-1-2-4-14(13)16(20)21/h3,5-8,14H,1-2,4,9H2,(H,18,19)(H,20,21). The number of nitriles is 1. The summed E-state index contributed by atoms with van der Waals surface area (Å²) in [5, 5.41) is 20.5. The SMILES string of the molecule is N#CCc1ccc(NC(=O)C2=CCCCC2C(=O)O)cc1. The van der Waals surface area contributed by atoms with Crippen LogP contribution in [0.15, 0.2) is 35.9 Å². The number of carbonyl (C=O) groups excluding carboxylic acids is 1. The molecule has 0 fully saturated rings. The van der Waals surface area contributed by atoms with Gasteiger partial charge in [-0.1, -0.05) is 18.2 Å². The lowest BCUT2D eigenvalue weighted by atomic mass is 9.87. The lowest BCUT2D eigenvalue weighted by Gasteiger charge is -2.20. The van der Waals surface area contributed by atoms with Crippen LogP contribution in [0, 0.1) is 17.2 Å². The zero-order valence-corrected chi connectivity index (χ0v) is 11.5. The zero-order valence-electron chi connectivity index (χ0n) is 11.5. The number of hydrogen-bond donors (Lipinski definition) is 2. The first kappa shape index (κ1) is 14.8. The third-order valence-corrected chi connectivity index (χ3v) is 3.49. The van der Waals surface area contributed by atoms with Crippen molar-refractivity contribution < 1.29 is 14.7 Å². The molecule has 0 saturated carbocycles. The summed E-state index contributed by atoms with van der Waals surface area (Å²) in [5.41, 5.74) is 1.79. The fourth-order valence-electron chi connectivity index (χ4n) is 2.39. The van der Waals surface area contributed by atoms with Crippen LogP contribution in [0.1, 0.15) is 24.8 Å². The van der Waals surface area contributed by atoms with Crippen molar-refractivity contribution in [1.29, 1.82) is 5.26 Å². The molecule has 1 unspecified atom stereocenters. The van der Waals surface area contributed by atoms with Gasteiger partial charge in [0, 0.05) is 11.3 Å². The van der Waals surface area contributed by atoms with Crippen LogP contribution >= 0.6 is 0 Å². The first-order chi connectivity index (χ1) is 10.1. The van der Waals surface area contributed by atoms with Gasteiger partial charge in [0.15, 0.2) is 0 Å². The number of nitrogens with zero attached hydrogens (tertiary/aromatic N) is 1. The minimum atomic E-state index is -0.958. The van der Waals surface area contributed by atoms with E-state index in [1.54, 1.807) is 30.3 Å². The maximum absolute atomic E-state index is 12.2. The number of carbonyl (C=O) groups is 2. The molecule has 1 aliphatic rings. The van der Waals surface area contributed by atoms with E-state index in [4.69, 9.17) is 10.4 Å². The number of aliphatic carboxylic acids is 1. The van der Waals surface area contributed by atoms with Crippen molar-refractivity contribution in [3.63, 3.8) is 0 Å². The van der Waals surface area contributed by atoms with Crippen LogP contribution in [0.5, 0.6) is 0 Å². The zero-order chi connectivity index (χ0) is 15.2. The maximum atomic E-state index is 12.2. The molecule has 108 valence electrons. The van der Waals surface area contributed by atoms with Gasteiger partial charge in [-0.2, -0.15) is 5.26 Å². The summed E-state index contributed by atoms with van der Waals surface area (Å²) < 4.78 is 0. The van der Waals surface area contributed by atoms with Crippen molar-refractivity contribution in [3.05, 3.63) is 41.5 Å². The van der Waals surface area contributed by atoms with Crippen LogP contribution in [0.2, 0.25) is 0 Å². The first-order valence-electron chi connectivity index (χ1n) is 6.82. The van der Waals surface area contributed by atoms with Gasteiger partial charge < -0.3 is 10.4 Å². The molecule has 21 heavy (non-hydrogen) atoms. The molecule has 1 aromatic rings. The third kappa shape index (κ3) is 3.69. The topological polar surface area (TPSA) is 90.2 Å². The van der Waals surface area contributed by atoms with E-state index in [0.717, 1.165) is 18.4 Å². The van der Waals surface area contributed by atoms with Gasteiger partial charge in [-0.3, -0.25) is 9.59 Å². The highest BCUT2D eigenvalue weighted by molar-refractivity contribution is 6.07. The van der Waals surface area contributed by atoms with Gasteiger partial charge in [-0.05, 0) is 37.0 Å². The number of allylic oxidation sites excluding steroid dienone is 1. The van der Waals surface area contributed by atoms with Gasteiger partial charge in [0.25, 0.3) is 5.91 Å². The summed E-state index contributed by atoms with van der Waals surface area (Å²) in [6.45, 7) is 0. The summed E-state index contributed by atoms with van der Waals surface area (Å²) >= 11 is 0. The molecule has 1 aliphatic carbocycles. The summed E-state index contributed by atoms with van der Waals surface area (Å²) in [6, 6.07) is 9.01. The van der Waals surface area contributed by atoms with E-state index in [0.29, 0.717) is 24.1 Å². The lowest BCUT2D eigenvalue weighted by molar-refractivity contribution is -0.141. The van der Waals surface area contributed by atoms with Gasteiger partial charge in [-0.15, -0.1) is 0 Å². The van der Waals surface area contributed by atoms with Crippen molar-refractivity contribution in [3.8, 4) is 6.07 Å². The molecular formula is C16H16N2O3. The van der Waals surface area contributed by atoms with Gasteiger partial charge in [0.2, 0.25) is 0 Å². The predicted molar refractivity (Wildman–Crippen MR) is 77.4 cm³/mol. The summed E-state index contributed by atoms with van der Waals surface area (Å²) in [7, 11) is 0. The molecule has 5 nitrogen and oxygen atoms in total. The van der Waals surface area contributed by atoms with Crippen molar-refractivity contribution >= 4 is 17.6 Å². The number of nitrogens with one attached hydrogen (secondary N) is 1. The van der Waals surface area contributed by atoms with Crippen LogP contribution in [0.4, 0.5) is 5.69 Å². The van der Waals surface area contributed by atoms with Crippen LogP contribution in [-0.4, -0.2) is 17.0 Å². The molecule has 1 atom stereocenters. The number of hydrogen-bond acceptors (Lipinski definition) is 3.